The van der Waals surface area contributed by atoms with Crippen molar-refractivity contribution in [3.05, 3.63) is 201 Å². The molecule has 3 unspecified atom stereocenters. The van der Waals surface area contributed by atoms with E-state index < -0.39 is 46.1 Å². The van der Waals surface area contributed by atoms with Crippen molar-refractivity contribution >= 4 is 24.4 Å². The Morgan fingerprint density at radius 2 is 0.566 bits per heavy atom. The lowest BCUT2D eigenvalue weighted by molar-refractivity contribution is 0.0467. The number of amides is 4. The number of fused-ring (bicyclic) bond motifs is 5. The van der Waals surface area contributed by atoms with Gasteiger partial charge in [0, 0.05) is 136 Å². The van der Waals surface area contributed by atoms with Crippen molar-refractivity contribution in [1.29, 1.82) is 0 Å². The van der Waals surface area contributed by atoms with Gasteiger partial charge < -0.3 is 96.9 Å². The summed E-state index contributed by atoms with van der Waals surface area (Å²) in [6.45, 7) is 18.9. The van der Waals surface area contributed by atoms with Crippen LogP contribution in [0.25, 0.3) is 0 Å². The molecule has 6 fully saturated rings. The number of nitrogens with zero attached hydrogens (tertiary/aromatic N) is 4. The molecular formula is C98H126N4O20. The molecule has 24 heteroatoms. The number of hydrogen-bond acceptors (Lipinski definition) is 20. The summed E-state index contributed by atoms with van der Waals surface area (Å²) in [7, 11) is 12.1. The highest BCUT2D eigenvalue weighted by Gasteiger charge is 2.54. The third kappa shape index (κ3) is 18.7. The van der Waals surface area contributed by atoms with Crippen LogP contribution in [-0.4, -0.2) is 222 Å². The first kappa shape index (κ1) is 89.6. The van der Waals surface area contributed by atoms with Crippen LogP contribution in [0, 0.1) is 33.5 Å². The molecule has 0 aromatic heterocycles. The number of ether oxygens (including phenoxy) is 12. The zero-order chi connectivity index (χ0) is 87.3. The Labute approximate surface area is 718 Å². The quantitative estimate of drug-likeness (QED) is 0.0516. The maximum Gasteiger partial charge on any atom is 0.409 e. The molecule has 4 N–H and O–H groups in total. The summed E-state index contributed by atoms with van der Waals surface area (Å²) in [6.07, 6.45) is 6.82. The van der Waals surface area contributed by atoms with Crippen LogP contribution in [0.15, 0.2) is 146 Å². The van der Waals surface area contributed by atoms with Gasteiger partial charge in [-0.15, -0.1) is 0 Å². The molecule has 16 rings (SSSR count). The van der Waals surface area contributed by atoms with Crippen molar-refractivity contribution in [3.63, 3.8) is 0 Å². The standard InChI is InChI=1S/3C25H31NO5.C23H33NO5/c3*1-16(27)25(2)15-26(24(28)30-4)14-21(25)19-9-10-22(29-3)23(13-19)31-20-11-17-7-5-6-8-18(17)12-20;1-14(25)23(2)13-24(22(26)28-4)12-18(23)16-7-8-19(27-3)21(11-16)29-20-10-15-5-6-17(20)9-15/h3*5-10,13,16,20-21,27H,11-12,14-15H2,1-4H3;7-8,11,14-15,17-18,20,25H,5-6,9-10,12-13H2,1-4H3/t16-,21+,25+;2*16-,21-,25-;14-,15?,17?,18+,20?,23+/m1101/s1. The Balaban J connectivity index is 0.000000140. The van der Waals surface area contributed by atoms with E-state index in [-0.39, 0.29) is 72.5 Å². The van der Waals surface area contributed by atoms with Gasteiger partial charge in [-0.25, -0.2) is 19.2 Å². The molecule has 2 bridgehead atoms. The fourth-order valence-electron chi connectivity index (χ4n) is 20.6. The average molecular weight is 1680 g/mol. The number of likely N-dealkylation sites (tertiary alicyclic amines) is 4. The van der Waals surface area contributed by atoms with Crippen LogP contribution in [0.1, 0.15) is 160 Å². The van der Waals surface area contributed by atoms with Gasteiger partial charge in [0.05, 0.1) is 81.3 Å². The first-order valence-corrected chi connectivity index (χ1v) is 43.0. The number of carbonyl (C=O) groups is 4. The van der Waals surface area contributed by atoms with E-state index in [1.165, 1.54) is 81.1 Å². The first-order chi connectivity index (χ1) is 58.4. The van der Waals surface area contributed by atoms with Crippen molar-refractivity contribution in [3.8, 4) is 46.0 Å². The van der Waals surface area contributed by atoms with E-state index in [0.717, 1.165) is 84.6 Å². The van der Waals surface area contributed by atoms with Crippen molar-refractivity contribution in [2.45, 2.75) is 192 Å². The Morgan fingerprint density at radius 3 is 0.762 bits per heavy atom. The molecule has 4 heterocycles. The number of hydrogen-bond donors (Lipinski definition) is 4. The van der Waals surface area contributed by atoms with E-state index >= 15 is 0 Å². The molecule has 0 spiro atoms. The van der Waals surface area contributed by atoms with Crippen LogP contribution >= 0.6 is 0 Å². The van der Waals surface area contributed by atoms with Crippen molar-refractivity contribution < 1.29 is 96.4 Å². The zero-order valence-corrected chi connectivity index (χ0v) is 73.8. The third-order valence-corrected chi connectivity index (χ3v) is 28.7. The summed E-state index contributed by atoms with van der Waals surface area (Å²) in [5.74, 6) is 6.91. The second-order valence-corrected chi connectivity index (χ2v) is 36.1. The number of benzene rings is 7. The lowest BCUT2D eigenvalue weighted by atomic mass is 9.72. The molecule has 122 heavy (non-hydrogen) atoms. The lowest BCUT2D eigenvalue weighted by Crippen LogP contribution is -2.38. The normalized spacial score (nSPS) is 26.5. The highest BCUT2D eigenvalue weighted by Crippen LogP contribution is 2.54. The van der Waals surface area contributed by atoms with Gasteiger partial charge in [0.2, 0.25) is 0 Å². The molecule has 0 radical (unpaired) electrons. The van der Waals surface area contributed by atoms with E-state index in [1.807, 2.05) is 94.4 Å². The van der Waals surface area contributed by atoms with E-state index in [1.54, 1.807) is 75.7 Å². The minimum absolute atomic E-state index is 0.0186. The number of aliphatic hydroxyl groups is 4. The molecule has 7 aromatic carbocycles. The zero-order valence-electron chi connectivity index (χ0n) is 73.8. The maximum atomic E-state index is 12.2. The Hall–Kier alpha value is -10.1. The second kappa shape index (κ2) is 37.9. The van der Waals surface area contributed by atoms with Gasteiger partial charge in [-0.3, -0.25) is 0 Å². The van der Waals surface area contributed by atoms with Crippen molar-refractivity contribution in [2.24, 2.45) is 33.5 Å². The fourth-order valence-corrected chi connectivity index (χ4v) is 20.6. The molecule has 4 amide bonds. The SMILES string of the molecule is COC(=O)N1C[C@@H](c2ccc(OC)c(OC3CC4CCC3C4)c2)[C@](C)([C@@H](C)O)C1.COC(=O)N1C[C@@H](c2ccc(OC)c(OC3Cc4ccccc4C3)c2)[C@](C)([C@@H](C)O)C1.COC(=O)N1C[C@@H](c2ccc(OC)c(OC3Cc4ccccc4C3)c2)[C@](C)([C@H](C)O)C1.COC(=O)N1C[C@H](c2ccc(OC)c(OC3Cc4ccccc4C3)c2)[C@@](C)([C@@H](C)O)C1. The van der Waals surface area contributed by atoms with E-state index in [4.69, 9.17) is 56.8 Å². The number of aliphatic hydroxyl groups excluding tert-OH is 4. The first-order valence-electron chi connectivity index (χ1n) is 43.0. The molecule has 4 saturated heterocycles. The molecule has 5 aliphatic carbocycles. The Morgan fingerprint density at radius 1 is 0.328 bits per heavy atom. The van der Waals surface area contributed by atoms with Crippen LogP contribution in [0.2, 0.25) is 0 Å². The summed E-state index contributed by atoms with van der Waals surface area (Å²) in [4.78, 5) is 55.4. The van der Waals surface area contributed by atoms with Crippen LogP contribution in [0.5, 0.6) is 46.0 Å². The molecule has 7 aromatic rings. The van der Waals surface area contributed by atoms with Crippen LogP contribution in [0.4, 0.5) is 19.2 Å². The van der Waals surface area contributed by atoms with Gasteiger partial charge in [0.25, 0.3) is 0 Å². The van der Waals surface area contributed by atoms with Gasteiger partial charge in [-0.1, -0.05) is 125 Å². The van der Waals surface area contributed by atoms with E-state index in [0.29, 0.717) is 92.8 Å². The highest BCUT2D eigenvalue weighted by atomic mass is 16.6. The second-order valence-electron chi connectivity index (χ2n) is 36.1. The Bertz CT molecular complexity index is 4380. The van der Waals surface area contributed by atoms with Crippen LogP contribution < -0.4 is 37.9 Å². The molecule has 658 valence electrons. The number of carbonyl (C=O) groups excluding carboxylic acids is 4. The molecule has 4 aliphatic heterocycles. The van der Waals surface area contributed by atoms with Gasteiger partial charge in [-0.2, -0.15) is 0 Å². The van der Waals surface area contributed by atoms with Crippen LogP contribution in [-0.2, 0) is 57.5 Å². The van der Waals surface area contributed by atoms with Gasteiger partial charge in [-0.05, 0) is 169 Å². The van der Waals surface area contributed by atoms with Crippen LogP contribution in [0.3, 0.4) is 0 Å². The topological polar surface area (TPSA) is 273 Å². The van der Waals surface area contributed by atoms with Crippen molar-refractivity contribution in [2.75, 3.05) is 109 Å². The molecule has 2 saturated carbocycles. The maximum absolute atomic E-state index is 12.2. The molecule has 24 nitrogen and oxygen atoms in total. The van der Waals surface area contributed by atoms with E-state index in [2.05, 4.69) is 78.9 Å². The summed E-state index contributed by atoms with van der Waals surface area (Å²) >= 11 is 0. The summed E-state index contributed by atoms with van der Waals surface area (Å²) < 4.78 is 67.7. The number of methoxy groups -OCH3 is 8. The van der Waals surface area contributed by atoms with Gasteiger partial charge >= 0.3 is 24.4 Å². The molecular weight excluding hydrogens is 1550 g/mol. The minimum Gasteiger partial charge on any atom is -0.493 e. The summed E-state index contributed by atoms with van der Waals surface area (Å²) in [5, 5.41) is 42.3. The smallest absolute Gasteiger partial charge is 0.409 e. The minimum atomic E-state index is -0.594. The predicted molar refractivity (Wildman–Crippen MR) is 463 cm³/mol. The number of rotatable bonds is 20. The van der Waals surface area contributed by atoms with Crippen molar-refractivity contribution in [1.82, 2.24) is 19.6 Å². The highest BCUT2D eigenvalue weighted by molar-refractivity contribution is 5.70. The van der Waals surface area contributed by atoms with Gasteiger partial charge in [0.1, 0.15) is 24.4 Å². The molecule has 9 aliphatic rings. The van der Waals surface area contributed by atoms with E-state index in [9.17, 15) is 39.6 Å². The average Bonchev–Trinajstić information content (AvgIpc) is 1.62. The largest absolute Gasteiger partial charge is 0.493 e. The molecule has 15 atom stereocenters. The lowest BCUT2D eigenvalue weighted by Gasteiger charge is -2.34. The third-order valence-electron chi connectivity index (χ3n) is 28.7. The fraction of sp³-hybridized carbons (Fsp3) is 0.531. The van der Waals surface area contributed by atoms with Gasteiger partial charge in [0.15, 0.2) is 46.0 Å². The predicted octanol–water partition coefficient (Wildman–Crippen LogP) is 15.2. The summed E-state index contributed by atoms with van der Waals surface area (Å²) in [6, 6.07) is 49.1. The summed E-state index contributed by atoms with van der Waals surface area (Å²) in [5.41, 5.74) is 10.1. The monoisotopic (exact) mass is 1680 g/mol. The Kier molecular flexibility index (Phi) is 27.8.